The van der Waals surface area contributed by atoms with Crippen LogP contribution in [0.2, 0.25) is 0 Å². The number of carbonyl (C=O) groups excluding carboxylic acids is 3. The number of anilines is 1. The highest BCUT2D eigenvalue weighted by molar-refractivity contribution is 7.17. The first kappa shape index (κ1) is 27.6. The second kappa shape index (κ2) is 10.7. The van der Waals surface area contributed by atoms with Crippen molar-refractivity contribution in [1.82, 2.24) is 4.98 Å². The minimum Gasteiger partial charge on any atom is -0.507 e. The maximum absolute atomic E-state index is 14.4. The molecule has 10 nitrogen and oxygen atoms in total. The molecule has 39 heavy (non-hydrogen) atoms. The number of aliphatic hydroxyl groups excluding tert-OH is 1. The fraction of sp³-hybridized carbons (Fsp3) is 0.259. The number of hydrogen-bond donors (Lipinski definition) is 1. The number of methoxy groups -OCH3 is 4. The normalized spacial score (nSPS) is 16.4. The molecule has 2 aromatic carbocycles. The van der Waals surface area contributed by atoms with Crippen molar-refractivity contribution in [3.8, 4) is 17.2 Å². The van der Waals surface area contributed by atoms with Gasteiger partial charge in [-0.15, -0.1) is 0 Å². The van der Waals surface area contributed by atoms with Crippen molar-refractivity contribution < 1.29 is 42.8 Å². The average Bonchev–Trinajstić information content (AvgIpc) is 3.44. The molecule has 1 atom stereocenters. The van der Waals surface area contributed by atoms with Gasteiger partial charge >= 0.3 is 11.9 Å². The quantitative estimate of drug-likeness (QED) is 0.196. The van der Waals surface area contributed by atoms with Crippen LogP contribution >= 0.6 is 11.3 Å². The second-order valence-electron chi connectivity index (χ2n) is 8.49. The molecule has 3 aromatic rings. The number of ether oxygens (including phenoxy) is 4. The molecule has 4 rings (SSSR count). The summed E-state index contributed by atoms with van der Waals surface area (Å²) in [6.07, 6.45) is 0. The molecular formula is C27H25FN2O8S. The molecule has 2 heterocycles. The van der Waals surface area contributed by atoms with Crippen LogP contribution in [0, 0.1) is 19.7 Å². The molecule has 0 radical (unpaired) electrons. The summed E-state index contributed by atoms with van der Waals surface area (Å²) in [5, 5.41) is 11.3. The van der Waals surface area contributed by atoms with Crippen LogP contribution in [0.5, 0.6) is 17.2 Å². The van der Waals surface area contributed by atoms with E-state index in [9.17, 15) is 23.9 Å². The van der Waals surface area contributed by atoms with Crippen LogP contribution < -0.4 is 19.1 Å². The van der Waals surface area contributed by atoms with Crippen molar-refractivity contribution in [3.05, 3.63) is 69.0 Å². The molecule has 204 valence electrons. The van der Waals surface area contributed by atoms with Crippen molar-refractivity contribution in [1.29, 1.82) is 0 Å². The fourth-order valence-corrected chi connectivity index (χ4v) is 5.28. The third-order valence-corrected chi connectivity index (χ3v) is 7.39. The third kappa shape index (κ3) is 4.67. The van der Waals surface area contributed by atoms with Crippen LogP contribution in [0.15, 0.2) is 35.9 Å². The topological polar surface area (TPSA) is 124 Å². The van der Waals surface area contributed by atoms with Crippen LogP contribution in [0.1, 0.15) is 38.1 Å². The van der Waals surface area contributed by atoms with E-state index in [4.69, 9.17) is 18.9 Å². The van der Waals surface area contributed by atoms with Crippen LogP contribution in [0.3, 0.4) is 0 Å². The summed E-state index contributed by atoms with van der Waals surface area (Å²) in [5.74, 6) is -3.17. The first-order valence-corrected chi connectivity index (χ1v) is 12.3. The molecule has 1 saturated heterocycles. The zero-order chi connectivity index (χ0) is 28.6. The van der Waals surface area contributed by atoms with E-state index in [1.54, 1.807) is 13.8 Å². The van der Waals surface area contributed by atoms with Gasteiger partial charge in [0.1, 0.15) is 16.5 Å². The Bertz CT molecular complexity index is 1500. The van der Waals surface area contributed by atoms with Gasteiger partial charge in [-0.2, -0.15) is 0 Å². The number of amides is 1. The molecule has 0 unspecified atom stereocenters. The number of aryl methyl sites for hydroxylation is 2. The number of ketones is 1. The first-order chi connectivity index (χ1) is 18.6. The van der Waals surface area contributed by atoms with Gasteiger partial charge in [0.15, 0.2) is 16.6 Å². The van der Waals surface area contributed by atoms with Gasteiger partial charge in [-0.1, -0.05) is 23.5 Å². The van der Waals surface area contributed by atoms with Gasteiger partial charge in [-0.25, -0.2) is 14.2 Å². The van der Waals surface area contributed by atoms with Gasteiger partial charge < -0.3 is 24.1 Å². The van der Waals surface area contributed by atoms with Crippen LogP contribution in [-0.4, -0.2) is 56.2 Å². The van der Waals surface area contributed by atoms with Gasteiger partial charge in [0, 0.05) is 5.56 Å². The van der Waals surface area contributed by atoms with Crippen LogP contribution in [-0.2, 0) is 14.3 Å². The minimum absolute atomic E-state index is 0.000823. The van der Waals surface area contributed by atoms with E-state index in [1.165, 1.54) is 52.7 Å². The summed E-state index contributed by atoms with van der Waals surface area (Å²) in [4.78, 5) is 44.7. The minimum atomic E-state index is -1.25. The Balaban J connectivity index is 2.03. The van der Waals surface area contributed by atoms with Crippen molar-refractivity contribution in [2.75, 3.05) is 33.3 Å². The van der Waals surface area contributed by atoms with E-state index in [2.05, 4.69) is 4.98 Å². The lowest BCUT2D eigenvalue weighted by atomic mass is 9.94. The maximum atomic E-state index is 14.4. The third-order valence-electron chi connectivity index (χ3n) is 6.25. The average molecular weight is 557 g/mol. The first-order valence-electron chi connectivity index (χ1n) is 11.5. The van der Waals surface area contributed by atoms with E-state index in [1.807, 2.05) is 0 Å². The molecule has 1 amide bonds. The number of carbonyl (C=O) groups is 3. The lowest BCUT2D eigenvalue weighted by molar-refractivity contribution is -0.132. The summed E-state index contributed by atoms with van der Waals surface area (Å²) in [7, 11) is 5.44. The summed E-state index contributed by atoms with van der Waals surface area (Å²) in [5.41, 5.74) is 0.601. The molecule has 1 fully saturated rings. The van der Waals surface area contributed by atoms with Crippen molar-refractivity contribution in [2.24, 2.45) is 0 Å². The fourth-order valence-electron chi connectivity index (χ4n) is 4.27. The molecule has 1 aliphatic rings. The van der Waals surface area contributed by atoms with Crippen molar-refractivity contribution >= 4 is 39.9 Å². The molecule has 0 saturated carbocycles. The van der Waals surface area contributed by atoms with Gasteiger partial charge in [-0.3, -0.25) is 14.5 Å². The van der Waals surface area contributed by atoms with Crippen molar-refractivity contribution in [3.63, 3.8) is 0 Å². The number of nitrogens with zero attached hydrogens (tertiary/aromatic N) is 2. The lowest BCUT2D eigenvalue weighted by Crippen LogP contribution is -2.29. The lowest BCUT2D eigenvalue weighted by Gasteiger charge is -2.24. The number of benzene rings is 2. The van der Waals surface area contributed by atoms with Gasteiger partial charge in [0.2, 0.25) is 5.75 Å². The second-order valence-corrected chi connectivity index (χ2v) is 9.47. The number of thiazole rings is 1. The summed E-state index contributed by atoms with van der Waals surface area (Å²) in [6, 6.07) is 5.76. The number of aromatic nitrogens is 1. The smallest absolute Gasteiger partial charge is 0.350 e. The van der Waals surface area contributed by atoms with Gasteiger partial charge in [0.25, 0.3) is 5.78 Å². The molecule has 0 bridgehead atoms. The Morgan fingerprint density at radius 2 is 1.67 bits per heavy atom. The van der Waals surface area contributed by atoms with Crippen molar-refractivity contribution in [2.45, 2.75) is 19.9 Å². The van der Waals surface area contributed by atoms with Crippen LogP contribution in [0.4, 0.5) is 9.52 Å². The molecule has 1 aliphatic heterocycles. The number of halogens is 1. The molecule has 1 aromatic heterocycles. The Morgan fingerprint density at radius 1 is 1.03 bits per heavy atom. The van der Waals surface area contributed by atoms with E-state index in [0.29, 0.717) is 11.1 Å². The molecule has 1 N–H and O–H groups in total. The van der Waals surface area contributed by atoms with E-state index >= 15 is 0 Å². The SMILES string of the molecule is COC(=O)c1sc(N2C(=O)C(=O)C(=C(O)c3ccc(C)c(F)c3)[C@H]2c2cc(OC)c(OC)c(OC)c2)nc1C. The van der Waals surface area contributed by atoms with Crippen LogP contribution in [0.25, 0.3) is 5.76 Å². The number of hydrogen-bond acceptors (Lipinski definition) is 10. The number of Topliss-reactive ketones (excluding diaryl/α,β-unsaturated/α-hetero) is 1. The number of rotatable bonds is 7. The zero-order valence-corrected chi connectivity index (χ0v) is 22.8. The summed E-state index contributed by atoms with van der Waals surface area (Å²) in [6.45, 7) is 3.12. The van der Waals surface area contributed by atoms with E-state index in [-0.39, 0.29) is 44.1 Å². The predicted molar refractivity (Wildman–Crippen MR) is 140 cm³/mol. The Labute approximate surface area is 227 Å². The predicted octanol–water partition coefficient (Wildman–Crippen LogP) is 4.34. The molecular weight excluding hydrogens is 531 g/mol. The monoisotopic (exact) mass is 556 g/mol. The summed E-state index contributed by atoms with van der Waals surface area (Å²) < 4.78 is 35.5. The number of aliphatic hydroxyl groups is 1. The van der Waals surface area contributed by atoms with Gasteiger partial charge in [-0.05, 0) is 43.2 Å². The zero-order valence-electron chi connectivity index (χ0n) is 21.9. The number of esters is 1. The summed E-state index contributed by atoms with van der Waals surface area (Å²) >= 11 is 0.851. The highest BCUT2D eigenvalue weighted by Gasteiger charge is 2.49. The highest BCUT2D eigenvalue weighted by Crippen LogP contribution is 2.48. The van der Waals surface area contributed by atoms with E-state index < -0.39 is 35.3 Å². The highest BCUT2D eigenvalue weighted by atomic mass is 32.1. The molecule has 0 aliphatic carbocycles. The Kier molecular flexibility index (Phi) is 7.59. The Hall–Kier alpha value is -4.45. The largest absolute Gasteiger partial charge is 0.507 e. The maximum Gasteiger partial charge on any atom is 0.350 e. The van der Waals surface area contributed by atoms with Gasteiger partial charge in [0.05, 0.1) is 45.7 Å². The Morgan fingerprint density at radius 3 is 2.21 bits per heavy atom. The molecule has 12 heteroatoms. The van der Waals surface area contributed by atoms with E-state index in [0.717, 1.165) is 22.3 Å². The standard InChI is InChI=1S/C27H25FN2O8S/c1-12-7-8-14(9-16(12)28)21(31)19-20(15-10-17(35-3)23(37-5)18(11-15)36-4)30(25(33)22(19)32)27-29-13(2)24(39-27)26(34)38-6/h7-11,20,31H,1-6H3/t20-/m1/s1. The molecule has 0 spiro atoms.